The van der Waals surface area contributed by atoms with Gasteiger partial charge < -0.3 is 18.9 Å². The van der Waals surface area contributed by atoms with E-state index >= 15 is 0 Å². The number of esters is 1. The van der Waals surface area contributed by atoms with Crippen molar-refractivity contribution in [3.8, 4) is 11.5 Å². The number of ketones is 1. The van der Waals surface area contributed by atoms with Crippen molar-refractivity contribution >= 4 is 33.4 Å². The van der Waals surface area contributed by atoms with E-state index in [1.54, 1.807) is 6.07 Å². The fourth-order valence-corrected chi connectivity index (χ4v) is 4.70. The van der Waals surface area contributed by atoms with Gasteiger partial charge in [-0.1, -0.05) is 11.6 Å². The molecule has 1 fully saturated rings. The average Bonchev–Trinajstić information content (AvgIpc) is 2.82. The van der Waals surface area contributed by atoms with Gasteiger partial charge in [-0.2, -0.15) is 4.31 Å². The Kier molecular flexibility index (Phi) is 7.73. The van der Waals surface area contributed by atoms with Crippen molar-refractivity contribution in [1.82, 2.24) is 4.31 Å². The average molecular weight is 484 g/mol. The van der Waals surface area contributed by atoms with Crippen LogP contribution in [0.1, 0.15) is 20.7 Å². The molecule has 0 radical (unpaired) electrons. The van der Waals surface area contributed by atoms with Gasteiger partial charge in [-0.15, -0.1) is 0 Å². The van der Waals surface area contributed by atoms with E-state index in [-0.39, 0.29) is 39.9 Å². The minimum absolute atomic E-state index is 0.00500. The summed E-state index contributed by atoms with van der Waals surface area (Å²) in [6.07, 6.45) is 0. The molecule has 0 amide bonds. The van der Waals surface area contributed by atoms with Crippen LogP contribution < -0.4 is 9.47 Å². The van der Waals surface area contributed by atoms with Gasteiger partial charge >= 0.3 is 5.97 Å². The number of halogens is 1. The predicted molar refractivity (Wildman–Crippen MR) is 115 cm³/mol. The molecule has 2 aromatic rings. The molecule has 0 spiro atoms. The maximum atomic E-state index is 12.8. The normalized spacial score (nSPS) is 14.6. The Bertz CT molecular complexity index is 1110. The van der Waals surface area contributed by atoms with Gasteiger partial charge in [0.15, 0.2) is 6.61 Å². The van der Waals surface area contributed by atoms with E-state index in [2.05, 4.69) is 0 Å². The summed E-state index contributed by atoms with van der Waals surface area (Å²) in [5, 5.41) is 0.00500. The molecule has 0 atom stereocenters. The fourth-order valence-electron chi connectivity index (χ4n) is 3.07. The molecule has 0 N–H and O–H groups in total. The molecule has 0 unspecified atom stereocenters. The van der Waals surface area contributed by atoms with Crippen molar-refractivity contribution in [2.75, 3.05) is 47.1 Å². The number of sulfonamides is 1. The molecule has 2 aromatic carbocycles. The van der Waals surface area contributed by atoms with Crippen LogP contribution in [0, 0.1) is 0 Å². The van der Waals surface area contributed by atoms with E-state index in [9.17, 15) is 18.0 Å². The zero-order chi connectivity index (χ0) is 23.3. The molecule has 1 saturated heterocycles. The second-order valence-corrected chi connectivity index (χ2v) is 9.07. The van der Waals surface area contributed by atoms with Gasteiger partial charge in [0.1, 0.15) is 11.5 Å². The number of methoxy groups -OCH3 is 2. The third-order valence-electron chi connectivity index (χ3n) is 4.81. The van der Waals surface area contributed by atoms with Crippen molar-refractivity contribution in [2.45, 2.75) is 4.90 Å². The van der Waals surface area contributed by atoms with Crippen molar-refractivity contribution < 1.29 is 37.0 Å². The van der Waals surface area contributed by atoms with Gasteiger partial charge in [0.25, 0.3) is 0 Å². The minimum atomic E-state index is -3.83. The maximum absolute atomic E-state index is 12.8. The second-order valence-electron chi connectivity index (χ2n) is 6.72. The number of rotatable bonds is 8. The third kappa shape index (κ3) is 5.21. The number of nitrogens with zero attached hydrogens (tertiary/aromatic N) is 1. The molecule has 11 heteroatoms. The molecule has 1 aliphatic heterocycles. The first-order valence-corrected chi connectivity index (χ1v) is 11.4. The van der Waals surface area contributed by atoms with Crippen LogP contribution in [0.2, 0.25) is 5.02 Å². The number of morpholine rings is 1. The number of hydrogen-bond acceptors (Lipinski definition) is 8. The predicted octanol–water partition coefficient (Wildman–Crippen LogP) is 2.42. The number of carbonyl (C=O) groups is 2. The lowest BCUT2D eigenvalue weighted by Crippen LogP contribution is -2.40. The Balaban J connectivity index is 1.75. The van der Waals surface area contributed by atoms with E-state index < -0.39 is 28.4 Å². The molecule has 0 bridgehead atoms. The number of benzene rings is 2. The quantitative estimate of drug-likeness (QED) is 0.416. The zero-order valence-corrected chi connectivity index (χ0v) is 19.1. The van der Waals surface area contributed by atoms with Gasteiger partial charge in [0, 0.05) is 19.2 Å². The summed E-state index contributed by atoms with van der Waals surface area (Å²) in [6, 6.07) is 8.38. The highest BCUT2D eigenvalue weighted by molar-refractivity contribution is 7.89. The van der Waals surface area contributed by atoms with Crippen LogP contribution >= 0.6 is 11.6 Å². The molecule has 0 saturated carbocycles. The molecule has 9 nitrogen and oxygen atoms in total. The lowest BCUT2D eigenvalue weighted by Gasteiger charge is -2.26. The Morgan fingerprint density at radius 2 is 1.75 bits per heavy atom. The highest BCUT2D eigenvalue weighted by Crippen LogP contribution is 2.26. The maximum Gasteiger partial charge on any atom is 0.340 e. The Labute approximate surface area is 190 Å². The van der Waals surface area contributed by atoms with Gasteiger partial charge in [0.2, 0.25) is 15.8 Å². The summed E-state index contributed by atoms with van der Waals surface area (Å²) >= 11 is 6.09. The van der Waals surface area contributed by atoms with Crippen LogP contribution in [0.4, 0.5) is 0 Å². The van der Waals surface area contributed by atoms with Crippen molar-refractivity contribution in [3.63, 3.8) is 0 Å². The largest absolute Gasteiger partial charge is 0.497 e. The molecule has 172 valence electrons. The first-order valence-electron chi connectivity index (χ1n) is 9.57. The summed E-state index contributed by atoms with van der Waals surface area (Å²) in [5.41, 5.74) is 0.0475. The summed E-state index contributed by atoms with van der Waals surface area (Å²) in [7, 11) is -0.951. The van der Waals surface area contributed by atoms with E-state index in [0.717, 1.165) is 6.07 Å². The van der Waals surface area contributed by atoms with Crippen LogP contribution in [-0.4, -0.2) is 71.6 Å². The fraction of sp³-hybridized carbons (Fsp3) is 0.333. The van der Waals surface area contributed by atoms with E-state index in [1.165, 1.54) is 42.8 Å². The second kappa shape index (κ2) is 10.3. The van der Waals surface area contributed by atoms with Crippen molar-refractivity contribution in [3.05, 3.63) is 52.5 Å². The Morgan fingerprint density at radius 1 is 1.03 bits per heavy atom. The monoisotopic (exact) mass is 483 g/mol. The first-order chi connectivity index (χ1) is 15.3. The minimum Gasteiger partial charge on any atom is -0.497 e. The van der Waals surface area contributed by atoms with E-state index in [0.29, 0.717) is 19.0 Å². The molecule has 0 aromatic heterocycles. The van der Waals surface area contributed by atoms with Crippen LogP contribution in [0.3, 0.4) is 0 Å². The zero-order valence-electron chi connectivity index (χ0n) is 17.5. The highest BCUT2D eigenvalue weighted by atomic mass is 35.5. The standard InChI is InChI=1S/C21H22ClNO8S/c1-28-14-3-5-16(20(11-14)29-2)19(24)13-31-21(25)17-12-15(4-6-18(17)22)32(26,27)23-7-9-30-10-8-23/h3-6,11-12H,7-10,13H2,1-2H3. The third-order valence-corrected chi connectivity index (χ3v) is 7.03. The van der Waals surface area contributed by atoms with Crippen LogP contribution in [0.5, 0.6) is 11.5 Å². The van der Waals surface area contributed by atoms with Crippen LogP contribution in [0.15, 0.2) is 41.3 Å². The first kappa shape index (κ1) is 24.0. The SMILES string of the molecule is COc1ccc(C(=O)COC(=O)c2cc(S(=O)(=O)N3CCOCC3)ccc2Cl)c(OC)c1. The van der Waals surface area contributed by atoms with E-state index in [4.69, 9.17) is 30.5 Å². The summed E-state index contributed by atoms with van der Waals surface area (Å²) in [6.45, 7) is 0.418. The molecular weight excluding hydrogens is 462 g/mol. The van der Waals surface area contributed by atoms with Gasteiger partial charge in [-0.05, 0) is 30.3 Å². The molecule has 1 aliphatic rings. The van der Waals surface area contributed by atoms with Gasteiger partial charge in [-0.25, -0.2) is 13.2 Å². The summed E-state index contributed by atoms with van der Waals surface area (Å²) in [5.74, 6) is -0.663. The molecular formula is C21H22ClNO8S. The Hall–Kier alpha value is -2.66. The summed E-state index contributed by atoms with van der Waals surface area (Å²) in [4.78, 5) is 25.0. The Morgan fingerprint density at radius 3 is 2.41 bits per heavy atom. The number of carbonyl (C=O) groups excluding carboxylic acids is 2. The number of Topliss-reactive ketones (excluding diaryl/α,β-unsaturated/α-hetero) is 1. The van der Waals surface area contributed by atoms with Crippen LogP contribution in [-0.2, 0) is 19.5 Å². The molecule has 1 heterocycles. The lowest BCUT2D eigenvalue weighted by molar-refractivity contribution is 0.0473. The summed E-state index contributed by atoms with van der Waals surface area (Å²) < 4.78 is 47.5. The molecule has 0 aliphatic carbocycles. The van der Waals surface area contributed by atoms with Gasteiger partial charge in [-0.3, -0.25) is 4.79 Å². The van der Waals surface area contributed by atoms with Crippen molar-refractivity contribution in [1.29, 1.82) is 0 Å². The molecule has 32 heavy (non-hydrogen) atoms. The van der Waals surface area contributed by atoms with Gasteiger partial charge in [0.05, 0.1) is 48.5 Å². The van der Waals surface area contributed by atoms with E-state index in [1.807, 2.05) is 0 Å². The molecule has 3 rings (SSSR count). The number of hydrogen-bond donors (Lipinski definition) is 0. The van der Waals surface area contributed by atoms with Crippen molar-refractivity contribution in [2.24, 2.45) is 0 Å². The number of ether oxygens (including phenoxy) is 4. The lowest BCUT2D eigenvalue weighted by atomic mass is 10.1. The topological polar surface area (TPSA) is 108 Å². The smallest absolute Gasteiger partial charge is 0.340 e. The highest BCUT2D eigenvalue weighted by Gasteiger charge is 2.28. The van der Waals surface area contributed by atoms with Crippen LogP contribution in [0.25, 0.3) is 0 Å².